The molecule has 5 aromatic rings. The summed E-state index contributed by atoms with van der Waals surface area (Å²) in [6.07, 6.45) is 6.55. The minimum absolute atomic E-state index is 0.204. The fourth-order valence-electron chi connectivity index (χ4n) is 3.29. The van der Waals surface area contributed by atoms with Crippen LogP contribution in [0.15, 0.2) is 65.0 Å². The molecule has 0 radical (unpaired) electrons. The highest BCUT2D eigenvalue weighted by Crippen LogP contribution is 2.24. The molecule has 5 rings (SSSR count). The van der Waals surface area contributed by atoms with Gasteiger partial charge in [0.1, 0.15) is 17.2 Å². The first-order valence-electron chi connectivity index (χ1n) is 9.36. The van der Waals surface area contributed by atoms with E-state index in [4.69, 9.17) is 14.7 Å². The summed E-state index contributed by atoms with van der Waals surface area (Å²) >= 11 is 0. The normalized spacial score (nSPS) is 11.9. The van der Waals surface area contributed by atoms with Gasteiger partial charge in [-0.05, 0) is 29.8 Å². The number of nitrogens with zero attached hydrogens (tertiary/aromatic N) is 7. The van der Waals surface area contributed by atoms with Gasteiger partial charge in [-0.15, -0.1) is 0 Å². The number of rotatable bonds is 5. The summed E-state index contributed by atoms with van der Waals surface area (Å²) in [6, 6.07) is 11.2. The second-order valence-electron chi connectivity index (χ2n) is 6.66. The molecule has 1 aromatic carbocycles. The van der Waals surface area contributed by atoms with E-state index in [0.29, 0.717) is 46.4 Å². The molecule has 0 unspecified atom stereocenters. The Morgan fingerprint density at radius 2 is 1.83 bits per heavy atom. The van der Waals surface area contributed by atoms with Gasteiger partial charge in [-0.3, -0.25) is 14.3 Å². The number of fused-ring (bicyclic) bond motifs is 4. The summed E-state index contributed by atoms with van der Waals surface area (Å²) in [5.41, 5.74) is 3.43. The quantitative estimate of drug-likeness (QED) is 0.420. The molecule has 0 N–H and O–H groups in total. The van der Waals surface area contributed by atoms with Crippen LogP contribution < -0.4 is 5.56 Å². The highest BCUT2D eigenvalue weighted by Gasteiger charge is 2.19. The average Bonchev–Trinajstić information content (AvgIpc) is 3.09. The molecule has 0 aliphatic heterocycles. The summed E-state index contributed by atoms with van der Waals surface area (Å²) in [5, 5.41) is 4.94. The zero-order valence-electron chi connectivity index (χ0n) is 16.1. The van der Waals surface area contributed by atoms with Crippen molar-refractivity contribution < 1.29 is 4.74 Å². The van der Waals surface area contributed by atoms with E-state index in [-0.39, 0.29) is 5.56 Å². The Morgan fingerprint density at radius 1 is 1.07 bits per heavy atom. The lowest BCUT2D eigenvalue weighted by Crippen LogP contribution is -2.22. The van der Waals surface area contributed by atoms with Crippen LogP contribution in [0.4, 0.5) is 0 Å². The van der Waals surface area contributed by atoms with E-state index in [2.05, 4.69) is 15.1 Å². The molecule has 0 amide bonds. The molecule has 0 saturated carbocycles. The minimum Gasteiger partial charge on any atom is -0.383 e. The molecule has 4 aromatic heterocycles. The van der Waals surface area contributed by atoms with Gasteiger partial charge in [-0.25, -0.2) is 15.0 Å². The van der Waals surface area contributed by atoms with E-state index in [1.165, 1.54) is 10.9 Å². The third-order valence-corrected chi connectivity index (χ3v) is 4.77. The van der Waals surface area contributed by atoms with Crippen LogP contribution in [0.1, 0.15) is 5.56 Å². The van der Waals surface area contributed by atoms with Gasteiger partial charge in [0.05, 0.1) is 30.4 Å². The SMILES string of the molecule is COCCn1cnc2c(c1=O)c1nc3ccccc3nc1n2/N=C\c1ccncc1. The van der Waals surface area contributed by atoms with Crippen LogP contribution in [-0.4, -0.2) is 49.1 Å². The molecule has 0 bridgehead atoms. The van der Waals surface area contributed by atoms with Crippen molar-refractivity contribution in [3.63, 3.8) is 0 Å². The fourth-order valence-corrected chi connectivity index (χ4v) is 3.29. The molecule has 0 aliphatic rings. The van der Waals surface area contributed by atoms with Gasteiger partial charge >= 0.3 is 0 Å². The third kappa shape index (κ3) is 3.01. The first kappa shape index (κ1) is 18.1. The Labute approximate surface area is 170 Å². The van der Waals surface area contributed by atoms with Crippen LogP contribution in [0, 0.1) is 0 Å². The Kier molecular flexibility index (Phi) is 4.49. The number of hydrogen-bond acceptors (Lipinski definition) is 7. The summed E-state index contributed by atoms with van der Waals surface area (Å²) in [5.74, 6) is 0. The van der Waals surface area contributed by atoms with Gasteiger partial charge in [0, 0.05) is 19.5 Å². The molecular weight excluding hydrogens is 382 g/mol. The predicted octanol–water partition coefficient (Wildman–Crippen LogP) is 2.22. The van der Waals surface area contributed by atoms with Crippen molar-refractivity contribution in [2.75, 3.05) is 13.7 Å². The van der Waals surface area contributed by atoms with Crippen LogP contribution in [0.2, 0.25) is 0 Å². The summed E-state index contributed by atoms with van der Waals surface area (Å²) in [7, 11) is 1.59. The zero-order valence-corrected chi connectivity index (χ0v) is 16.1. The number of aromatic nitrogens is 6. The van der Waals surface area contributed by atoms with E-state index in [0.717, 1.165) is 5.56 Å². The van der Waals surface area contributed by atoms with E-state index in [1.807, 2.05) is 36.4 Å². The topological polar surface area (TPSA) is 100 Å². The molecule has 4 heterocycles. The maximum atomic E-state index is 13.2. The molecule has 30 heavy (non-hydrogen) atoms. The maximum absolute atomic E-state index is 13.2. The van der Waals surface area contributed by atoms with Crippen LogP contribution in [0.25, 0.3) is 33.2 Å². The third-order valence-electron chi connectivity index (χ3n) is 4.77. The number of ether oxygens (including phenoxy) is 1. The standard InChI is InChI=1S/C21H17N7O2/c1-30-11-10-27-13-23-19-17(21(27)29)18-20(26-16-5-3-2-4-15(16)25-18)28(19)24-12-14-6-8-22-9-7-14/h2-9,12-13H,10-11H2,1H3/b24-12-. The van der Waals surface area contributed by atoms with Crippen LogP contribution in [0.5, 0.6) is 0 Å². The van der Waals surface area contributed by atoms with Crippen molar-refractivity contribution in [2.24, 2.45) is 5.10 Å². The summed E-state index contributed by atoms with van der Waals surface area (Å²) < 4.78 is 8.18. The average molecular weight is 399 g/mol. The summed E-state index contributed by atoms with van der Waals surface area (Å²) in [4.78, 5) is 31.1. The largest absolute Gasteiger partial charge is 0.383 e. The van der Waals surface area contributed by atoms with Gasteiger partial charge in [0.25, 0.3) is 5.56 Å². The van der Waals surface area contributed by atoms with E-state index in [9.17, 15) is 4.79 Å². The molecule has 148 valence electrons. The van der Waals surface area contributed by atoms with Gasteiger partial charge in [-0.2, -0.15) is 9.78 Å². The first-order valence-corrected chi connectivity index (χ1v) is 9.36. The van der Waals surface area contributed by atoms with Crippen molar-refractivity contribution in [3.8, 4) is 0 Å². The van der Waals surface area contributed by atoms with Crippen LogP contribution in [0.3, 0.4) is 0 Å². The molecule has 0 atom stereocenters. The number of hydrogen-bond donors (Lipinski definition) is 0. The molecule has 0 fully saturated rings. The highest BCUT2D eigenvalue weighted by molar-refractivity contribution is 6.04. The zero-order chi connectivity index (χ0) is 20.5. The predicted molar refractivity (Wildman–Crippen MR) is 114 cm³/mol. The maximum Gasteiger partial charge on any atom is 0.265 e. The second kappa shape index (κ2) is 7.45. The molecule has 9 heteroatoms. The number of para-hydroxylation sites is 2. The van der Waals surface area contributed by atoms with Crippen LogP contribution >= 0.6 is 0 Å². The number of pyridine rings is 1. The van der Waals surface area contributed by atoms with Gasteiger partial charge in [-0.1, -0.05) is 12.1 Å². The van der Waals surface area contributed by atoms with Crippen molar-refractivity contribution in [1.29, 1.82) is 0 Å². The Hall–Kier alpha value is -3.98. The van der Waals surface area contributed by atoms with Crippen molar-refractivity contribution >= 4 is 39.4 Å². The monoisotopic (exact) mass is 399 g/mol. The second-order valence-corrected chi connectivity index (χ2v) is 6.66. The Balaban J connectivity index is 1.82. The smallest absolute Gasteiger partial charge is 0.265 e. The van der Waals surface area contributed by atoms with Crippen LogP contribution in [-0.2, 0) is 11.3 Å². The summed E-state index contributed by atoms with van der Waals surface area (Å²) in [6.45, 7) is 0.798. The highest BCUT2D eigenvalue weighted by atomic mass is 16.5. The van der Waals surface area contributed by atoms with Crippen molar-refractivity contribution in [1.82, 2.24) is 29.2 Å². The molecule has 0 spiro atoms. The Bertz CT molecular complexity index is 1460. The minimum atomic E-state index is -0.204. The molecule has 9 nitrogen and oxygen atoms in total. The van der Waals surface area contributed by atoms with Gasteiger partial charge < -0.3 is 4.74 Å². The lowest BCUT2D eigenvalue weighted by Gasteiger charge is -2.04. The van der Waals surface area contributed by atoms with Crippen molar-refractivity contribution in [2.45, 2.75) is 6.54 Å². The Morgan fingerprint density at radius 3 is 2.60 bits per heavy atom. The molecule has 0 saturated heterocycles. The number of methoxy groups -OCH3 is 1. The van der Waals surface area contributed by atoms with Crippen molar-refractivity contribution in [3.05, 3.63) is 71.0 Å². The lowest BCUT2D eigenvalue weighted by molar-refractivity contribution is 0.186. The lowest BCUT2D eigenvalue weighted by atomic mass is 10.3. The molecular formula is C21H17N7O2. The van der Waals surface area contributed by atoms with E-state index >= 15 is 0 Å². The molecule has 0 aliphatic carbocycles. The first-order chi connectivity index (χ1) is 14.8. The van der Waals surface area contributed by atoms with Gasteiger partial charge in [0.15, 0.2) is 11.3 Å². The van der Waals surface area contributed by atoms with E-state index < -0.39 is 0 Å². The number of benzene rings is 1. The van der Waals surface area contributed by atoms with E-state index in [1.54, 1.807) is 30.4 Å². The fraction of sp³-hybridized carbons (Fsp3) is 0.143. The van der Waals surface area contributed by atoms with Gasteiger partial charge in [0.2, 0.25) is 0 Å².